The molecule has 26 heavy (non-hydrogen) atoms. The minimum Gasteiger partial charge on any atom is -0.393 e. The van der Waals surface area contributed by atoms with Gasteiger partial charge in [0.2, 0.25) is 0 Å². The van der Waals surface area contributed by atoms with Crippen molar-refractivity contribution in [2.75, 3.05) is 13.1 Å². The van der Waals surface area contributed by atoms with Gasteiger partial charge in [0.1, 0.15) is 0 Å². The van der Waals surface area contributed by atoms with Crippen LogP contribution in [-0.4, -0.2) is 44.8 Å². The summed E-state index contributed by atoms with van der Waals surface area (Å²) in [6.45, 7) is 4.71. The number of aromatic nitrogens is 2. The van der Waals surface area contributed by atoms with E-state index in [1.165, 1.54) is 5.56 Å². The Morgan fingerprint density at radius 2 is 1.92 bits per heavy atom. The molecule has 2 fully saturated rings. The first-order valence-corrected chi connectivity index (χ1v) is 9.53. The van der Waals surface area contributed by atoms with Gasteiger partial charge in [-0.3, -0.25) is 14.9 Å². The van der Waals surface area contributed by atoms with E-state index in [4.69, 9.17) is 4.74 Å². The molecule has 138 valence electrons. The van der Waals surface area contributed by atoms with Gasteiger partial charge in [0.05, 0.1) is 29.2 Å². The van der Waals surface area contributed by atoms with Crippen molar-refractivity contribution in [1.82, 2.24) is 14.9 Å². The maximum absolute atomic E-state index is 10.5. The number of nitrogens with zero attached hydrogens (tertiary/aromatic N) is 3. The normalized spacial score (nSPS) is 26.1. The number of ether oxygens (including phenoxy) is 1. The van der Waals surface area contributed by atoms with Gasteiger partial charge in [0.25, 0.3) is 0 Å². The Morgan fingerprint density at radius 1 is 1.15 bits per heavy atom. The van der Waals surface area contributed by atoms with Crippen molar-refractivity contribution < 1.29 is 9.84 Å². The van der Waals surface area contributed by atoms with Crippen molar-refractivity contribution >= 4 is 0 Å². The lowest BCUT2D eigenvalue weighted by Crippen LogP contribution is -2.50. The smallest absolute Gasteiger partial charge is 0.0857 e. The highest BCUT2D eigenvalue weighted by Crippen LogP contribution is 2.43. The highest BCUT2D eigenvalue weighted by Gasteiger charge is 2.43. The van der Waals surface area contributed by atoms with Crippen molar-refractivity contribution in [3.05, 3.63) is 59.7 Å². The highest BCUT2D eigenvalue weighted by molar-refractivity contribution is 5.19. The Balaban J connectivity index is 1.39. The Bertz CT molecular complexity index is 712. The van der Waals surface area contributed by atoms with E-state index in [0.717, 1.165) is 50.3 Å². The van der Waals surface area contributed by atoms with Crippen LogP contribution in [0, 0.1) is 6.92 Å². The monoisotopic (exact) mass is 353 g/mol. The van der Waals surface area contributed by atoms with Crippen LogP contribution in [-0.2, 0) is 11.3 Å². The fourth-order valence-electron chi connectivity index (χ4n) is 4.20. The second-order valence-electron chi connectivity index (χ2n) is 7.72. The molecule has 0 saturated carbocycles. The maximum atomic E-state index is 10.5. The van der Waals surface area contributed by atoms with Crippen LogP contribution in [0.3, 0.4) is 0 Å². The van der Waals surface area contributed by atoms with Gasteiger partial charge in [-0.15, -0.1) is 0 Å². The quantitative estimate of drug-likeness (QED) is 0.919. The molecule has 0 aliphatic carbocycles. The summed E-state index contributed by atoms with van der Waals surface area (Å²) in [6, 6.07) is 10.3. The molecule has 2 aromatic rings. The number of hydrogen-bond donors (Lipinski definition) is 1. The molecule has 2 saturated heterocycles. The molecule has 4 rings (SSSR count). The Morgan fingerprint density at radius 3 is 2.62 bits per heavy atom. The first-order chi connectivity index (χ1) is 12.6. The third kappa shape index (κ3) is 3.95. The minimum atomic E-state index is -0.288. The van der Waals surface area contributed by atoms with Crippen molar-refractivity contribution in [2.24, 2.45) is 0 Å². The standard InChI is InChI=1S/C21H27N3O2/c1-16-13-23-18(14-22-16)15-24-9-7-21(8-10-24)12-19(25)11-20(26-21)17-5-3-2-4-6-17/h2-6,13-14,19-20,25H,7-12,15H2,1H3/t19-,20+/m0/s1. The highest BCUT2D eigenvalue weighted by atomic mass is 16.5. The molecule has 2 aliphatic rings. The van der Waals surface area contributed by atoms with Crippen LogP contribution in [0.5, 0.6) is 0 Å². The molecule has 1 N–H and O–H groups in total. The molecule has 0 amide bonds. The number of aryl methyl sites for hydroxylation is 1. The molecule has 3 heterocycles. The predicted molar refractivity (Wildman–Crippen MR) is 99.5 cm³/mol. The zero-order chi connectivity index (χ0) is 18.0. The van der Waals surface area contributed by atoms with Crippen LogP contribution < -0.4 is 0 Å². The van der Waals surface area contributed by atoms with Crippen LogP contribution in [0.25, 0.3) is 0 Å². The average Bonchev–Trinajstić information content (AvgIpc) is 2.66. The zero-order valence-electron chi connectivity index (χ0n) is 15.3. The van der Waals surface area contributed by atoms with Crippen molar-refractivity contribution in [3.8, 4) is 0 Å². The second-order valence-corrected chi connectivity index (χ2v) is 7.72. The van der Waals surface area contributed by atoms with Crippen molar-refractivity contribution in [3.63, 3.8) is 0 Å². The zero-order valence-corrected chi connectivity index (χ0v) is 15.3. The summed E-state index contributed by atoms with van der Waals surface area (Å²) in [7, 11) is 0. The van der Waals surface area contributed by atoms with E-state index in [2.05, 4.69) is 27.0 Å². The molecular weight excluding hydrogens is 326 g/mol. The van der Waals surface area contributed by atoms with E-state index in [1.807, 2.05) is 37.5 Å². The second kappa shape index (κ2) is 7.43. The largest absolute Gasteiger partial charge is 0.393 e. The summed E-state index contributed by atoms with van der Waals surface area (Å²) in [5.74, 6) is 0. The van der Waals surface area contributed by atoms with Gasteiger partial charge in [-0.1, -0.05) is 30.3 Å². The lowest BCUT2D eigenvalue weighted by Gasteiger charge is -2.48. The van der Waals surface area contributed by atoms with E-state index < -0.39 is 0 Å². The van der Waals surface area contributed by atoms with Gasteiger partial charge in [0, 0.05) is 44.9 Å². The Kier molecular flexibility index (Phi) is 5.02. The van der Waals surface area contributed by atoms with Gasteiger partial charge >= 0.3 is 0 Å². The molecule has 5 nitrogen and oxygen atoms in total. The maximum Gasteiger partial charge on any atom is 0.0857 e. The van der Waals surface area contributed by atoms with E-state index >= 15 is 0 Å². The summed E-state index contributed by atoms with van der Waals surface area (Å²) in [6.07, 6.45) is 6.73. The number of aliphatic hydroxyl groups is 1. The average molecular weight is 353 g/mol. The number of hydrogen-bond acceptors (Lipinski definition) is 5. The molecule has 1 aromatic heterocycles. The van der Waals surface area contributed by atoms with Gasteiger partial charge in [-0.2, -0.15) is 0 Å². The molecule has 2 atom stereocenters. The SMILES string of the molecule is Cc1cnc(CN2CCC3(CC2)C[C@@H](O)C[C@H](c2ccccc2)O3)cn1. The van der Waals surface area contributed by atoms with Crippen molar-refractivity contribution in [2.45, 2.75) is 57.0 Å². The fraction of sp³-hybridized carbons (Fsp3) is 0.524. The van der Waals surface area contributed by atoms with Gasteiger partial charge in [-0.25, -0.2) is 0 Å². The number of aliphatic hydroxyl groups excluding tert-OH is 1. The fourth-order valence-corrected chi connectivity index (χ4v) is 4.20. The number of piperidine rings is 1. The molecule has 2 aliphatic heterocycles. The number of likely N-dealkylation sites (tertiary alicyclic amines) is 1. The lowest BCUT2D eigenvalue weighted by molar-refractivity contribution is -0.184. The lowest BCUT2D eigenvalue weighted by atomic mass is 9.81. The van der Waals surface area contributed by atoms with Crippen LogP contribution in [0.1, 0.15) is 48.7 Å². The summed E-state index contributed by atoms with van der Waals surface area (Å²) in [5.41, 5.74) is 2.93. The molecule has 0 radical (unpaired) electrons. The van der Waals surface area contributed by atoms with Crippen LogP contribution in [0.4, 0.5) is 0 Å². The summed E-state index contributed by atoms with van der Waals surface area (Å²) >= 11 is 0. The first-order valence-electron chi connectivity index (χ1n) is 9.53. The molecule has 5 heteroatoms. The van der Waals surface area contributed by atoms with Gasteiger partial charge < -0.3 is 9.84 Å². The van der Waals surface area contributed by atoms with E-state index in [0.29, 0.717) is 6.42 Å². The van der Waals surface area contributed by atoms with Gasteiger partial charge in [-0.05, 0) is 25.3 Å². The van der Waals surface area contributed by atoms with Crippen LogP contribution in [0.2, 0.25) is 0 Å². The predicted octanol–water partition coefficient (Wildman–Crippen LogP) is 3.03. The molecule has 0 unspecified atom stereocenters. The molecular formula is C21H27N3O2. The third-order valence-corrected chi connectivity index (χ3v) is 5.64. The first kappa shape index (κ1) is 17.6. The Hall–Kier alpha value is -1.82. The summed E-state index contributed by atoms with van der Waals surface area (Å²) < 4.78 is 6.57. The van der Waals surface area contributed by atoms with Crippen LogP contribution >= 0.6 is 0 Å². The van der Waals surface area contributed by atoms with E-state index in [9.17, 15) is 5.11 Å². The topological polar surface area (TPSA) is 58.5 Å². The van der Waals surface area contributed by atoms with Crippen molar-refractivity contribution in [1.29, 1.82) is 0 Å². The minimum absolute atomic E-state index is 0.00512. The van der Waals surface area contributed by atoms with Gasteiger partial charge in [0.15, 0.2) is 0 Å². The van der Waals surface area contributed by atoms with Crippen LogP contribution in [0.15, 0.2) is 42.7 Å². The summed E-state index contributed by atoms with van der Waals surface area (Å²) in [5, 5.41) is 10.5. The molecule has 1 aromatic carbocycles. The number of benzene rings is 1. The number of rotatable bonds is 3. The molecule has 0 bridgehead atoms. The third-order valence-electron chi connectivity index (χ3n) is 5.64. The Labute approximate surface area is 155 Å². The van der Waals surface area contributed by atoms with E-state index in [-0.39, 0.29) is 17.8 Å². The summed E-state index contributed by atoms with van der Waals surface area (Å²) in [4.78, 5) is 11.2. The van der Waals surface area contributed by atoms with E-state index in [1.54, 1.807) is 0 Å². The molecule has 1 spiro atoms.